The summed E-state index contributed by atoms with van der Waals surface area (Å²) >= 11 is 0. The first kappa shape index (κ1) is 19.2. The molecule has 0 spiro atoms. The molecule has 7 nitrogen and oxygen atoms in total. The highest BCUT2D eigenvalue weighted by molar-refractivity contribution is 5.89. The van der Waals surface area contributed by atoms with Crippen molar-refractivity contribution in [2.45, 2.75) is 26.3 Å². The van der Waals surface area contributed by atoms with Crippen LogP contribution in [0.5, 0.6) is 0 Å². The first-order valence-electron chi connectivity index (χ1n) is 9.60. The zero-order valence-corrected chi connectivity index (χ0v) is 16.1. The average molecular weight is 372 g/mol. The summed E-state index contributed by atoms with van der Waals surface area (Å²) in [6.07, 6.45) is 1.31. The summed E-state index contributed by atoms with van der Waals surface area (Å²) in [5, 5.41) is 0. The quantitative estimate of drug-likeness (QED) is 0.806. The third kappa shape index (κ3) is 4.40. The molecule has 27 heavy (non-hydrogen) atoms. The van der Waals surface area contributed by atoms with Gasteiger partial charge in [0.15, 0.2) is 0 Å². The number of nitrogens with zero attached hydrogens (tertiary/aromatic N) is 4. The van der Waals surface area contributed by atoms with E-state index in [-0.39, 0.29) is 30.3 Å². The summed E-state index contributed by atoms with van der Waals surface area (Å²) in [4.78, 5) is 44.1. The molecular formula is C20H28N4O3. The number of benzene rings is 1. The number of piperidine rings is 1. The third-order valence-electron chi connectivity index (χ3n) is 5.42. The van der Waals surface area contributed by atoms with Gasteiger partial charge in [-0.15, -0.1) is 0 Å². The SMILES string of the molecule is CCN1CN(C(=O)C2CCN(C(=O)N(C)Cc3ccccc3)CC2)CC1=O. The lowest BCUT2D eigenvalue weighted by Gasteiger charge is -2.35. The van der Waals surface area contributed by atoms with Gasteiger partial charge < -0.3 is 19.6 Å². The topological polar surface area (TPSA) is 64.2 Å². The average Bonchev–Trinajstić information content (AvgIpc) is 3.08. The molecular weight excluding hydrogens is 344 g/mol. The Morgan fingerprint density at radius 3 is 2.37 bits per heavy atom. The fraction of sp³-hybridized carbons (Fsp3) is 0.550. The van der Waals surface area contributed by atoms with Crippen molar-refractivity contribution in [3.8, 4) is 0 Å². The van der Waals surface area contributed by atoms with E-state index in [1.807, 2.05) is 49.2 Å². The Balaban J connectivity index is 1.49. The van der Waals surface area contributed by atoms with Crippen molar-refractivity contribution in [1.29, 1.82) is 0 Å². The van der Waals surface area contributed by atoms with Gasteiger partial charge in [-0.25, -0.2) is 4.79 Å². The van der Waals surface area contributed by atoms with Crippen LogP contribution >= 0.6 is 0 Å². The Morgan fingerprint density at radius 2 is 1.78 bits per heavy atom. The van der Waals surface area contributed by atoms with Crippen molar-refractivity contribution in [3.05, 3.63) is 35.9 Å². The second kappa shape index (κ2) is 8.41. The van der Waals surface area contributed by atoms with E-state index in [1.165, 1.54) is 0 Å². The summed E-state index contributed by atoms with van der Waals surface area (Å²) in [5.74, 6) is -0.0388. The standard InChI is InChI=1S/C20H28N4O3/c1-3-22-15-24(14-18(22)25)19(26)17-9-11-23(12-10-17)20(27)21(2)13-16-7-5-4-6-8-16/h4-8,17H,3,9-15H2,1-2H3. The van der Waals surface area contributed by atoms with Crippen LogP contribution < -0.4 is 0 Å². The number of likely N-dealkylation sites (N-methyl/N-ethyl adjacent to an activating group) is 1. The fourth-order valence-electron chi connectivity index (χ4n) is 3.76. The maximum Gasteiger partial charge on any atom is 0.320 e. The zero-order chi connectivity index (χ0) is 19.4. The molecule has 0 aromatic heterocycles. The van der Waals surface area contributed by atoms with Crippen molar-refractivity contribution in [1.82, 2.24) is 19.6 Å². The van der Waals surface area contributed by atoms with Gasteiger partial charge in [-0.1, -0.05) is 30.3 Å². The highest BCUT2D eigenvalue weighted by Gasteiger charge is 2.35. The minimum absolute atomic E-state index is 0.00161. The van der Waals surface area contributed by atoms with Gasteiger partial charge in [0.1, 0.15) is 6.54 Å². The Morgan fingerprint density at radius 1 is 1.11 bits per heavy atom. The molecule has 0 aliphatic carbocycles. The van der Waals surface area contributed by atoms with E-state index < -0.39 is 0 Å². The van der Waals surface area contributed by atoms with Crippen LogP contribution in [0, 0.1) is 5.92 Å². The number of rotatable bonds is 4. The van der Waals surface area contributed by atoms with Crippen LogP contribution in [-0.4, -0.2) is 77.3 Å². The fourth-order valence-corrected chi connectivity index (χ4v) is 3.76. The van der Waals surface area contributed by atoms with Crippen LogP contribution in [0.4, 0.5) is 4.79 Å². The maximum atomic E-state index is 12.7. The molecule has 1 aromatic carbocycles. The molecule has 0 atom stereocenters. The molecule has 2 heterocycles. The van der Waals surface area contributed by atoms with Crippen LogP contribution in [-0.2, 0) is 16.1 Å². The van der Waals surface area contributed by atoms with Gasteiger partial charge in [0.25, 0.3) is 0 Å². The predicted molar refractivity (Wildman–Crippen MR) is 102 cm³/mol. The molecule has 1 aromatic rings. The van der Waals surface area contributed by atoms with Gasteiger partial charge >= 0.3 is 6.03 Å². The second-order valence-corrected chi connectivity index (χ2v) is 7.31. The highest BCUT2D eigenvalue weighted by Crippen LogP contribution is 2.22. The second-order valence-electron chi connectivity index (χ2n) is 7.31. The summed E-state index contributed by atoms with van der Waals surface area (Å²) in [6.45, 7) is 4.85. The smallest absolute Gasteiger partial charge is 0.320 e. The van der Waals surface area contributed by atoms with Gasteiger partial charge in [-0.05, 0) is 25.3 Å². The Hall–Kier alpha value is -2.57. The van der Waals surface area contributed by atoms with Crippen molar-refractivity contribution in [2.24, 2.45) is 5.92 Å². The van der Waals surface area contributed by atoms with Crippen LogP contribution in [0.3, 0.4) is 0 Å². The van der Waals surface area contributed by atoms with E-state index >= 15 is 0 Å². The third-order valence-corrected chi connectivity index (χ3v) is 5.42. The van der Waals surface area contributed by atoms with E-state index in [1.54, 1.807) is 14.7 Å². The number of hydrogen-bond acceptors (Lipinski definition) is 3. The molecule has 0 radical (unpaired) electrons. The molecule has 0 N–H and O–H groups in total. The Kier molecular flexibility index (Phi) is 5.98. The largest absolute Gasteiger partial charge is 0.325 e. The van der Waals surface area contributed by atoms with Gasteiger partial charge in [-0.3, -0.25) is 9.59 Å². The highest BCUT2D eigenvalue weighted by atomic mass is 16.2. The molecule has 7 heteroatoms. The summed E-state index contributed by atoms with van der Waals surface area (Å²) < 4.78 is 0. The molecule has 4 amide bonds. The first-order chi connectivity index (χ1) is 13.0. The zero-order valence-electron chi connectivity index (χ0n) is 16.1. The van der Waals surface area contributed by atoms with E-state index in [9.17, 15) is 14.4 Å². The molecule has 146 valence electrons. The molecule has 2 aliphatic rings. The summed E-state index contributed by atoms with van der Waals surface area (Å²) in [5.41, 5.74) is 1.09. The molecule has 2 saturated heterocycles. The van der Waals surface area contributed by atoms with Crippen molar-refractivity contribution in [2.75, 3.05) is 39.9 Å². The summed E-state index contributed by atoms with van der Waals surface area (Å²) in [6, 6.07) is 9.90. The number of hydrogen-bond donors (Lipinski definition) is 0. The molecule has 0 bridgehead atoms. The number of carbonyl (C=O) groups is 3. The lowest BCUT2D eigenvalue weighted by Crippen LogP contribution is -2.47. The number of urea groups is 1. The molecule has 0 saturated carbocycles. The van der Waals surface area contributed by atoms with Crippen LogP contribution in [0.2, 0.25) is 0 Å². The Labute approximate surface area is 160 Å². The van der Waals surface area contributed by atoms with Gasteiger partial charge in [0, 0.05) is 39.1 Å². The van der Waals surface area contributed by atoms with Crippen molar-refractivity contribution >= 4 is 17.8 Å². The summed E-state index contributed by atoms with van der Waals surface area (Å²) in [7, 11) is 1.81. The van der Waals surface area contributed by atoms with E-state index in [4.69, 9.17) is 0 Å². The molecule has 2 aliphatic heterocycles. The minimum Gasteiger partial charge on any atom is -0.325 e. The van der Waals surface area contributed by atoms with Gasteiger partial charge in [0.05, 0.1) is 6.67 Å². The maximum absolute atomic E-state index is 12.7. The van der Waals surface area contributed by atoms with Crippen LogP contribution in [0.15, 0.2) is 30.3 Å². The van der Waals surface area contributed by atoms with E-state index in [0.29, 0.717) is 45.7 Å². The van der Waals surface area contributed by atoms with Gasteiger partial charge in [-0.2, -0.15) is 0 Å². The monoisotopic (exact) mass is 372 g/mol. The first-order valence-corrected chi connectivity index (χ1v) is 9.60. The lowest BCUT2D eigenvalue weighted by atomic mass is 9.95. The number of carbonyl (C=O) groups excluding carboxylic acids is 3. The van der Waals surface area contributed by atoms with Crippen molar-refractivity contribution < 1.29 is 14.4 Å². The number of amides is 4. The minimum atomic E-state index is -0.0990. The lowest BCUT2D eigenvalue weighted by molar-refractivity contribution is -0.137. The molecule has 2 fully saturated rings. The molecule has 0 unspecified atom stereocenters. The van der Waals surface area contributed by atoms with E-state index in [2.05, 4.69) is 0 Å². The van der Waals surface area contributed by atoms with Crippen molar-refractivity contribution in [3.63, 3.8) is 0 Å². The van der Waals surface area contributed by atoms with Crippen LogP contribution in [0.1, 0.15) is 25.3 Å². The van der Waals surface area contributed by atoms with Crippen LogP contribution in [0.25, 0.3) is 0 Å². The normalized spacial score (nSPS) is 18.1. The van der Waals surface area contributed by atoms with Gasteiger partial charge in [0.2, 0.25) is 11.8 Å². The Bertz CT molecular complexity index is 686. The molecule has 3 rings (SSSR count). The predicted octanol–water partition coefficient (Wildman–Crippen LogP) is 1.60. The van der Waals surface area contributed by atoms with E-state index in [0.717, 1.165) is 5.56 Å². The number of likely N-dealkylation sites (tertiary alicyclic amines) is 1.